The molecule has 0 atom stereocenters. The maximum absolute atomic E-state index is 13.3. The van der Waals surface area contributed by atoms with E-state index in [0.29, 0.717) is 30.6 Å². The summed E-state index contributed by atoms with van der Waals surface area (Å²) >= 11 is 1.62. The molecule has 0 bridgehead atoms. The monoisotopic (exact) mass is 513 g/mol. The summed E-state index contributed by atoms with van der Waals surface area (Å²) in [6, 6.07) is 7.95. The van der Waals surface area contributed by atoms with Crippen molar-refractivity contribution in [2.24, 2.45) is 0 Å². The number of fused-ring (bicyclic) bond motifs is 2. The predicted molar refractivity (Wildman–Crippen MR) is 141 cm³/mol. The van der Waals surface area contributed by atoms with Crippen LogP contribution in [0.4, 0.5) is 5.69 Å². The Morgan fingerprint density at radius 2 is 1.81 bits per heavy atom. The summed E-state index contributed by atoms with van der Waals surface area (Å²) in [6.07, 6.45) is 11.2. The van der Waals surface area contributed by atoms with Crippen LogP contribution < -0.4 is 4.90 Å². The van der Waals surface area contributed by atoms with Gasteiger partial charge in [0.15, 0.2) is 11.2 Å². The van der Waals surface area contributed by atoms with E-state index >= 15 is 0 Å². The van der Waals surface area contributed by atoms with E-state index < -0.39 is 0 Å². The van der Waals surface area contributed by atoms with Crippen molar-refractivity contribution < 1.29 is 9.21 Å². The summed E-state index contributed by atoms with van der Waals surface area (Å²) in [5.41, 5.74) is 3.40. The molecule has 0 aliphatic carbocycles. The molecule has 0 unspecified atom stereocenters. The molecule has 0 spiro atoms. The molecular weight excluding hydrogens is 486 g/mol. The topological polar surface area (TPSA) is 92.7 Å². The Labute approximate surface area is 217 Å². The molecule has 188 valence electrons. The summed E-state index contributed by atoms with van der Waals surface area (Å²) in [7, 11) is 0. The number of hydrogen-bond acceptors (Lipinski definition) is 8. The van der Waals surface area contributed by atoms with Gasteiger partial charge in [-0.3, -0.25) is 14.2 Å². The van der Waals surface area contributed by atoms with Crippen LogP contribution in [0.5, 0.6) is 0 Å². The molecule has 5 aromatic rings. The van der Waals surface area contributed by atoms with Crippen LogP contribution in [-0.2, 0) is 0 Å². The zero-order chi connectivity index (χ0) is 24.8. The standard InChI is InChI=1S/C27H27N7O2S/c35-27(33-12-4-18(5-13-33)25-31-30-24-3-1-2-9-34(24)25)21-17-37-26(29-21)19-6-10-32(11-7-19)22-15-28-16-23-20(22)8-14-36-23/h1-3,8-9,14-19H,4-7,10-13H2. The minimum absolute atomic E-state index is 0.0437. The smallest absolute Gasteiger partial charge is 0.273 e. The van der Waals surface area contributed by atoms with Crippen molar-refractivity contribution in [3.63, 3.8) is 0 Å². The maximum atomic E-state index is 13.3. The third-order valence-electron chi connectivity index (χ3n) is 7.77. The van der Waals surface area contributed by atoms with Crippen LogP contribution in [0.25, 0.3) is 16.6 Å². The lowest BCUT2D eigenvalue weighted by atomic mass is 9.95. The van der Waals surface area contributed by atoms with Crippen LogP contribution in [-0.4, -0.2) is 61.6 Å². The predicted octanol–water partition coefficient (Wildman–Crippen LogP) is 4.73. The van der Waals surface area contributed by atoms with Crippen molar-refractivity contribution in [3.8, 4) is 0 Å². The molecule has 5 aromatic heterocycles. The Balaban J connectivity index is 0.975. The number of carbonyl (C=O) groups excluding carboxylic acids is 1. The average Bonchev–Trinajstić information content (AvgIpc) is 3.72. The Hall–Kier alpha value is -3.79. The molecule has 7 heterocycles. The van der Waals surface area contributed by atoms with E-state index in [1.807, 2.05) is 46.9 Å². The van der Waals surface area contributed by atoms with Crippen LogP contribution in [0.15, 0.2) is 58.9 Å². The summed E-state index contributed by atoms with van der Waals surface area (Å²) < 4.78 is 7.58. The highest BCUT2D eigenvalue weighted by Gasteiger charge is 2.30. The van der Waals surface area contributed by atoms with Gasteiger partial charge in [-0.25, -0.2) is 4.98 Å². The van der Waals surface area contributed by atoms with E-state index in [1.165, 1.54) is 0 Å². The number of hydrogen-bond donors (Lipinski definition) is 0. The lowest BCUT2D eigenvalue weighted by Crippen LogP contribution is -2.38. The first-order valence-corrected chi connectivity index (χ1v) is 13.7. The van der Waals surface area contributed by atoms with E-state index in [4.69, 9.17) is 9.40 Å². The lowest BCUT2D eigenvalue weighted by Gasteiger charge is -2.33. The molecule has 0 radical (unpaired) electrons. The number of aromatic nitrogens is 5. The number of nitrogens with zero attached hydrogens (tertiary/aromatic N) is 7. The van der Waals surface area contributed by atoms with Crippen LogP contribution >= 0.6 is 11.3 Å². The number of carbonyl (C=O) groups is 1. The van der Waals surface area contributed by atoms with Gasteiger partial charge in [-0.15, -0.1) is 21.5 Å². The molecule has 2 aliphatic heterocycles. The molecule has 9 nitrogen and oxygen atoms in total. The van der Waals surface area contributed by atoms with Gasteiger partial charge in [0.05, 0.1) is 29.4 Å². The summed E-state index contributed by atoms with van der Waals surface area (Å²) in [4.78, 5) is 26.7. The van der Waals surface area contributed by atoms with Crippen LogP contribution in [0.1, 0.15) is 58.8 Å². The SMILES string of the molecule is O=C(c1csc(C2CCN(c3cncc4occc34)CC2)n1)N1CCC(c2nnc3ccccn23)CC1. The Morgan fingerprint density at radius 1 is 0.973 bits per heavy atom. The van der Waals surface area contributed by atoms with Gasteiger partial charge in [0.2, 0.25) is 0 Å². The van der Waals surface area contributed by atoms with Crippen molar-refractivity contribution in [1.29, 1.82) is 0 Å². The van der Waals surface area contributed by atoms with Crippen molar-refractivity contribution in [1.82, 2.24) is 29.5 Å². The normalized spacial score (nSPS) is 17.7. The van der Waals surface area contributed by atoms with E-state index in [1.54, 1.807) is 23.8 Å². The zero-order valence-electron chi connectivity index (χ0n) is 20.4. The minimum Gasteiger partial charge on any atom is -0.463 e. The zero-order valence-corrected chi connectivity index (χ0v) is 21.2. The van der Waals surface area contributed by atoms with E-state index in [2.05, 4.69) is 24.5 Å². The first kappa shape index (κ1) is 22.4. The molecule has 0 saturated carbocycles. The number of pyridine rings is 2. The van der Waals surface area contributed by atoms with Gasteiger partial charge >= 0.3 is 0 Å². The van der Waals surface area contributed by atoms with Gasteiger partial charge in [0.25, 0.3) is 5.91 Å². The number of amides is 1. The fourth-order valence-corrected chi connectivity index (χ4v) is 6.68. The number of likely N-dealkylation sites (tertiary alicyclic amines) is 1. The molecule has 10 heteroatoms. The number of piperidine rings is 2. The molecular formula is C27H27N7O2S. The quantitative estimate of drug-likeness (QED) is 0.343. The first-order valence-electron chi connectivity index (χ1n) is 12.8. The number of rotatable bonds is 4. The molecule has 1 amide bonds. The highest BCUT2D eigenvalue weighted by molar-refractivity contribution is 7.09. The fourth-order valence-electron chi connectivity index (χ4n) is 5.71. The van der Waals surface area contributed by atoms with Crippen LogP contribution in [0.3, 0.4) is 0 Å². The average molecular weight is 514 g/mol. The van der Waals surface area contributed by atoms with Gasteiger partial charge in [-0.05, 0) is 43.9 Å². The Morgan fingerprint density at radius 3 is 2.68 bits per heavy atom. The van der Waals surface area contributed by atoms with E-state index in [9.17, 15) is 4.79 Å². The molecule has 2 saturated heterocycles. The van der Waals surface area contributed by atoms with Gasteiger partial charge < -0.3 is 14.2 Å². The highest BCUT2D eigenvalue weighted by atomic mass is 32.1. The lowest BCUT2D eigenvalue weighted by molar-refractivity contribution is 0.0705. The number of anilines is 1. The van der Waals surface area contributed by atoms with Crippen molar-refractivity contribution in [2.45, 2.75) is 37.5 Å². The number of thiazole rings is 1. The summed E-state index contributed by atoms with van der Waals surface area (Å²) in [5, 5.41) is 12.8. The Bertz CT molecular complexity index is 1560. The molecule has 0 aromatic carbocycles. The minimum atomic E-state index is 0.0437. The highest BCUT2D eigenvalue weighted by Crippen LogP contribution is 2.35. The summed E-state index contributed by atoms with van der Waals surface area (Å²) in [5.74, 6) is 1.72. The van der Waals surface area contributed by atoms with Crippen molar-refractivity contribution in [3.05, 3.63) is 71.0 Å². The maximum Gasteiger partial charge on any atom is 0.273 e. The second kappa shape index (κ2) is 9.26. The van der Waals surface area contributed by atoms with Gasteiger partial charge in [0, 0.05) is 55.0 Å². The largest absolute Gasteiger partial charge is 0.463 e. The van der Waals surface area contributed by atoms with Crippen LogP contribution in [0.2, 0.25) is 0 Å². The summed E-state index contributed by atoms with van der Waals surface area (Å²) in [6.45, 7) is 3.29. The van der Waals surface area contributed by atoms with E-state index in [-0.39, 0.29) is 5.91 Å². The van der Waals surface area contributed by atoms with Crippen molar-refractivity contribution in [2.75, 3.05) is 31.1 Å². The second-order valence-corrected chi connectivity index (χ2v) is 10.8. The van der Waals surface area contributed by atoms with E-state index in [0.717, 1.165) is 71.9 Å². The van der Waals surface area contributed by atoms with Gasteiger partial charge in [-0.1, -0.05) is 6.07 Å². The molecule has 37 heavy (non-hydrogen) atoms. The third kappa shape index (κ3) is 4.05. The molecule has 7 rings (SSSR count). The molecule has 2 fully saturated rings. The Kier molecular flexibility index (Phi) is 5.61. The first-order chi connectivity index (χ1) is 18.2. The molecule has 2 aliphatic rings. The van der Waals surface area contributed by atoms with Gasteiger partial charge in [-0.2, -0.15) is 0 Å². The third-order valence-corrected chi connectivity index (χ3v) is 8.78. The van der Waals surface area contributed by atoms with Crippen molar-refractivity contribution >= 4 is 39.5 Å². The number of furan rings is 1. The second-order valence-electron chi connectivity index (χ2n) is 9.88. The molecule has 0 N–H and O–H groups in total. The van der Waals surface area contributed by atoms with Gasteiger partial charge in [0.1, 0.15) is 11.5 Å². The fraction of sp³-hybridized carbons (Fsp3) is 0.370. The van der Waals surface area contributed by atoms with Crippen LogP contribution in [0, 0.1) is 0 Å².